The average molecular weight is 397 g/mol. The Morgan fingerprint density at radius 2 is 2.00 bits per heavy atom. The van der Waals surface area contributed by atoms with E-state index in [1.165, 1.54) is 12.8 Å². The molecule has 4 rings (SSSR count). The first kappa shape index (κ1) is 18.5. The van der Waals surface area contributed by atoms with E-state index >= 15 is 0 Å². The summed E-state index contributed by atoms with van der Waals surface area (Å²) in [4.78, 5) is 19.2. The third-order valence-electron chi connectivity index (χ3n) is 4.84. The van der Waals surface area contributed by atoms with Crippen molar-refractivity contribution < 1.29 is 4.79 Å². The maximum atomic E-state index is 12.2. The van der Waals surface area contributed by atoms with Crippen molar-refractivity contribution in [2.75, 3.05) is 29.9 Å². The number of nitrogens with zero attached hydrogens (tertiary/aromatic N) is 4. The molecular weight excluding hydrogens is 372 g/mol. The lowest BCUT2D eigenvalue weighted by atomic mass is 10.3. The highest BCUT2D eigenvalue weighted by molar-refractivity contribution is 7.13. The van der Waals surface area contributed by atoms with Crippen LogP contribution in [0.1, 0.15) is 24.2 Å². The predicted octanol–water partition coefficient (Wildman–Crippen LogP) is 3.60. The summed E-state index contributed by atoms with van der Waals surface area (Å²) in [6, 6.07) is 9.62. The topological polar surface area (TPSA) is 75.1 Å². The summed E-state index contributed by atoms with van der Waals surface area (Å²) in [6.07, 6.45) is 4.89. The van der Waals surface area contributed by atoms with E-state index in [1.807, 2.05) is 41.9 Å². The van der Waals surface area contributed by atoms with Crippen LogP contribution in [0, 0.1) is 6.92 Å². The molecule has 1 fully saturated rings. The fourth-order valence-corrected chi connectivity index (χ4v) is 4.21. The zero-order valence-electron chi connectivity index (χ0n) is 15.9. The highest BCUT2D eigenvalue weighted by atomic mass is 32.1. The Labute approximate surface area is 168 Å². The van der Waals surface area contributed by atoms with Gasteiger partial charge in [-0.1, -0.05) is 18.2 Å². The van der Waals surface area contributed by atoms with Gasteiger partial charge in [-0.05, 0) is 31.9 Å². The Morgan fingerprint density at radius 1 is 1.21 bits per heavy atom. The first-order chi connectivity index (χ1) is 13.7. The molecular formula is C20H24N6OS. The highest BCUT2D eigenvalue weighted by Crippen LogP contribution is 2.24. The molecule has 1 aliphatic rings. The van der Waals surface area contributed by atoms with Crippen molar-refractivity contribution in [2.24, 2.45) is 0 Å². The normalized spacial score (nSPS) is 13.7. The molecule has 1 aliphatic heterocycles. The number of carbonyl (C=O) groups is 1. The van der Waals surface area contributed by atoms with Gasteiger partial charge in [0, 0.05) is 31.4 Å². The van der Waals surface area contributed by atoms with E-state index in [4.69, 9.17) is 0 Å². The van der Waals surface area contributed by atoms with Gasteiger partial charge in [0.05, 0.1) is 29.0 Å². The average Bonchev–Trinajstić information content (AvgIpc) is 3.45. The summed E-state index contributed by atoms with van der Waals surface area (Å²) in [5, 5.41) is 13.3. The van der Waals surface area contributed by atoms with E-state index < -0.39 is 0 Å². The number of anilines is 2. The molecule has 8 heteroatoms. The van der Waals surface area contributed by atoms with Gasteiger partial charge in [0.25, 0.3) is 0 Å². The number of carbonyl (C=O) groups excluding carboxylic acids is 1. The van der Waals surface area contributed by atoms with Crippen molar-refractivity contribution in [1.29, 1.82) is 0 Å². The van der Waals surface area contributed by atoms with Crippen molar-refractivity contribution in [1.82, 2.24) is 20.1 Å². The van der Waals surface area contributed by atoms with Crippen LogP contribution in [0.15, 0.2) is 41.9 Å². The van der Waals surface area contributed by atoms with Crippen LogP contribution in [0.2, 0.25) is 0 Å². The molecule has 28 heavy (non-hydrogen) atoms. The Bertz CT molecular complexity index is 929. The second-order valence-corrected chi connectivity index (χ2v) is 7.67. The number of benzene rings is 1. The number of hydrogen-bond acceptors (Lipinski definition) is 5. The number of aromatic nitrogens is 3. The van der Waals surface area contributed by atoms with Crippen LogP contribution < -0.4 is 15.5 Å². The molecule has 2 aromatic heterocycles. The van der Waals surface area contributed by atoms with Crippen LogP contribution in [-0.2, 0) is 6.42 Å². The summed E-state index contributed by atoms with van der Waals surface area (Å²) in [5.41, 5.74) is 3.58. The number of hydrogen-bond donors (Lipinski definition) is 2. The summed E-state index contributed by atoms with van der Waals surface area (Å²) >= 11 is 1.69. The third kappa shape index (κ3) is 4.17. The first-order valence-corrected chi connectivity index (χ1v) is 10.4. The highest BCUT2D eigenvalue weighted by Gasteiger charge is 2.15. The number of thiazole rings is 1. The van der Waals surface area contributed by atoms with E-state index in [-0.39, 0.29) is 6.03 Å². The molecule has 2 amide bonds. The number of rotatable bonds is 6. The van der Waals surface area contributed by atoms with E-state index in [1.54, 1.807) is 17.5 Å². The van der Waals surface area contributed by atoms with Crippen LogP contribution in [0.25, 0.3) is 5.69 Å². The Kier molecular flexibility index (Phi) is 5.57. The van der Waals surface area contributed by atoms with Crippen LogP contribution in [-0.4, -0.2) is 40.4 Å². The zero-order valence-corrected chi connectivity index (χ0v) is 16.7. The minimum absolute atomic E-state index is 0.231. The minimum atomic E-state index is -0.231. The third-order valence-corrected chi connectivity index (χ3v) is 5.79. The molecule has 2 N–H and O–H groups in total. The van der Waals surface area contributed by atoms with Crippen molar-refractivity contribution in [2.45, 2.75) is 26.2 Å². The van der Waals surface area contributed by atoms with E-state index in [0.717, 1.165) is 41.7 Å². The number of amides is 2. The van der Waals surface area contributed by atoms with Gasteiger partial charge in [-0.25, -0.2) is 14.5 Å². The van der Waals surface area contributed by atoms with Crippen molar-refractivity contribution in [3.8, 4) is 5.69 Å². The summed E-state index contributed by atoms with van der Waals surface area (Å²) in [7, 11) is 0. The maximum Gasteiger partial charge on any atom is 0.319 e. The predicted molar refractivity (Wildman–Crippen MR) is 113 cm³/mol. The van der Waals surface area contributed by atoms with Gasteiger partial charge in [0.15, 0.2) is 5.13 Å². The number of nitrogens with one attached hydrogen (secondary N) is 2. The Morgan fingerprint density at radius 3 is 2.79 bits per heavy atom. The molecule has 0 unspecified atom stereocenters. The molecule has 0 aliphatic carbocycles. The van der Waals surface area contributed by atoms with Crippen LogP contribution in [0.5, 0.6) is 0 Å². The molecule has 0 spiro atoms. The summed E-state index contributed by atoms with van der Waals surface area (Å²) in [5.74, 6) is 0. The molecule has 0 atom stereocenters. The molecule has 3 aromatic rings. The Balaban J connectivity index is 1.28. The first-order valence-electron chi connectivity index (χ1n) is 9.55. The molecule has 0 saturated carbocycles. The van der Waals surface area contributed by atoms with Crippen molar-refractivity contribution in [3.63, 3.8) is 0 Å². The van der Waals surface area contributed by atoms with Gasteiger partial charge in [0.2, 0.25) is 0 Å². The molecule has 146 valence electrons. The van der Waals surface area contributed by atoms with Gasteiger partial charge in [-0.15, -0.1) is 11.3 Å². The Hall–Kier alpha value is -2.87. The fourth-order valence-electron chi connectivity index (χ4n) is 3.30. The lowest BCUT2D eigenvalue weighted by Gasteiger charge is -2.12. The minimum Gasteiger partial charge on any atom is -0.348 e. The van der Waals surface area contributed by atoms with E-state index in [0.29, 0.717) is 12.2 Å². The smallest absolute Gasteiger partial charge is 0.319 e. The molecule has 0 radical (unpaired) electrons. The molecule has 1 saturated heterocycles. The monoisotopic (exact) mass is 396 g/mol. The van der Waals surface area contributed by atoms with E-state index in [2.05, 4.69) is 31.0 Å². The molecule has 7 nitrogen and oxygen atoms in total. The number of urea groups is 1. The lowest BCUT2D eigenvalue weighted by Crippen LogP contribution is -2.30. The van der Waals surface area contributed by atoms with Crippen molar-refractivity contribution in [3.05, 3.63) is 53.3 Å². The van der Waals surface area contributed by atoms with Gasteiger partial charge < -0.3 is 15.5 Å². The molecule has 1 aromatic carbocycles. The molecule has 0 bridgehead atoms. The quantitative estimate of drug-likeness (QED) is 0.668. The fraction of sp³-hybridized carbons (Fsp3) is 0.350. The standard InChI is InChI=1S/C20H24N6OS/c1-15-18(13-22-26(15)17-7-3-2-4-8-17)24-19(27)21-10-9-16-14-28-20(23-16)25-11-5-6-12-25/h2-4,7-8,13-14H,5-6,9-12H2,1H3,(H2,21,24,27). The van der Waals surface area contributed by atoms with Gasteiger partial charge in [-0.2, -0.15) is 5.10 Å². The van der Waals surface area contributed by atoms with Gasteiger partial charge >= 0.3 is 6.03 Å². The SMILES string of the molecule is Cc1c(NC(=O)NCCc2csc(N3CCCC3)n2)cnn1-c1ccccc1. The van der Waals surface area contributed by atoms with E-state index in [9.17, 15) is 4.79 Å². The maximum absolute atomic E-state index is 12.2. The summed E-state index contributed by atoms with van der Waals surface area (Å²) < 4.78 is 1.81. The molecule has 3 heterocycles. The zero-order chi connectivity index (χ0) is 19.3. The van der Waals surface area contributed by atoms with Crippen LogP contribution in [0.3, 0.4) is 0 Å². The van der Waals surface area contributed by atoms with Gasteiger partial charge in [0.1, 0.15) is 0 Å². The largest absolute Gasteiger partial charge is 0.348 e. The second-order valence-electron chi connectivity index (χ2n) is 6.84. The van der Waals surface area contributed by atoms with Crippen molar-refractivity contribution >= 4 is 28.2 Å². The second kappa shape index (κ2) is 8.43. The number of para-hydroxylation sites is 1. The lowest BCUT2D eigenvalue weighted by molar-refractivity contribution is 0.252. The van der Waals surface area contributed by atoms with Crippen LogP contribution >= 0.6 is 11.3 Å². The van der Waals surface area contributed by atoms with Crippen LogP contribution in [0.4, 0.5) is 15.6 Å². The van der Waals surface area contributed by atoms with Gasteiger partial charge in [-0.3, -0.25) is 0 Å². The summed E-state index contributed by atoms with van der Waals surface area (Å²) in [6.45, 7) is 4.68.